The van der Waals surface area contributed by atoms with Crippen molar-refractivity contribution >= 4 is 31.9 Å². The van der Waals surface area contributed by atoms with Gasteiger partial charge >= 0.3 is 0 Å². The Balaban J connectivity index is 2.23. The molecule has 0 radical (unpaired) electrons. The molecule has 0 aliphatic rings. The first-order valence-corrected chi connectivity index (χ1v) is 7.85. The summed E-state index contributed by atoms with van der Waals surface area (Å²) >= 11 is 6.68. The summed E-state index contributed by atoms with van der Waals surface area (Å²) in [5.74, 6) is -0.293. The van der Waals surface area contributed by atoms with Gasteiger partial charge in [0.25, 0.3) is 0 Å². The third-order valence-corrected chi connectivity index (χ3v) is 5.12. The van der Waals surface area contributed by atoms with Crippen LogP contribution in [0, 0.1) is 19.7 Å². The zero-order chi connectivity index (χ0) is 14.9. The molecule has 1 unspecified atom stereocenters. The summed E-state index contributed by atoms with van der Waals surface area (Å²) in [5.41, 5.74) is 3.96. The zero-order valence-electron chi connectivity index (χ0n) is 11.3. The van der Waals surface area contributed by atoms with Crippen LogP contribution in [0.15, 0.2) is 39.3 Å². The molecule has 2 aromatic carbocycles. The first-order valence-electron chi connectivity index (χ1n) is 6.27. The van der Waals surface area contributed by atoms with E-state index >= 15 is 0 Å². The van der Waals surface area contributed by atoms with Crippen LogP contribution in [0.5, 0.6) is 0 Å². The van der Waals surface area contributed by atoms with Gasteiger partial charge in [0, 0.05) is 10.9 Å². The average Bonchev–Trinajstić information content (AvgIpc) is 2.39. The van der Waals surface area contributed by atoms with Crippen LogP contribution in [0.4, 0.5) is 4.39 Å². The molecule has 1 atom stereocenters. The normalized spacial score (nSPS) is 12.5. The van der Waals surface area contributed by atoms with Crippen LogP contribution in [0.25, 0.3) is 0 Å². The number of hydrogen-bond acceptors (Lipinski definition) is 1. The number of aliphatic hydroxyl groups excluding tert-OH is 1. The number of halogens is 3. The predicted octanol–water partition coefficient (Wildman–Crippen LogP) is 5.24. The summed E-state index contributed by atoms with van der Waals surface area (Å²) in [5, 5.41) is 10.3. The Hall–Kier alpha value is -0.710. The van der Waals surface area contributed by atoms with E-state index < -0.39 is 6.10 Å². The molecule has 1 N–H and O–H groups in total. The number of benzene rings is 2. The van der Waals surface area contributed by atoms with E-state index in [1.165, 1.54) is 6.07 Å². The van der Waals surface area contributed by atoms with E-state index in [0.29, 0.717) is 10.9 Å². The van der Waals surface area contributed by atoms with Crippen molar-refractivity contribution in [3.63, 3.8) is 0 Å². The van der Waals surface area contributed by atoms with Gasteiger partial charge in [-0.15, -0.1) is 0 Å². The van der Waals surface area contributed by atoms with Gasteiger partial charge in [-0.3, -0.25) is 0 Å². The first kappa shape index (κ1) is 15.7. The zero-order valence-corrected chi connectivity index (χ0v) is 14.4. The van der Waals surface area contributed by atoms with Gasteiger partial charge in [-0.2, -0.15) is 0 Å². The summed E-state index contributed by atoms with van der Waals surface area (Å²) in [6, 6.07) is 8.75. The second kappa shape index (κ2) is 6.37. The second-order valence-electron chi connectivity index (χ2n) is 4.94. The van der Waals surface area contributed by atoms with Crippen molar-refractivity contribution in [2.45, 2.75) is 26.4 Å². The maximum absolute atomic E-state index is 13.2. The monoisotopic (exact) mass is 400 g/mol. The smallest absolute Gasteiger partial charge is 0.137 e. The van der Waals surface area contributed by atoms with Gasteiger partial charge in [-0.05, 0) is 64.2 Å². The van der Waals surface area contributed by atoms with Crippen molar-refractivity contribution in [1.82, 2.24) is 0 Å². The van der Waals surface area contributed by atoms with E-state index in [4.69, 9.17) is 0 Å². The molecule has 0 aliphatic heterocycles. The largest absolute Gasteiger partial charge is 0.388 e. The molecule has 0 spiro atoms. The van der Waals surface area contributed by atoms with E-state index in [1.807, 2.05) is 26.0 Å². The van der Waals surface area contributed by atoms with Crippen molar-refractivity contribution in [3.05, 3.63) is 67.3 Å². The topological polar surface area (TPSA) is 20.2 Å². The minimum absolute atomic E-state index is 0.293. The molecule has 0 saturated carbocycles. The maximum Gasteiger partial charge on any atom is 0.137 e. The molecule has 2 aromatic rings. The quantitative estimate of drug-likeness (QED) is 0.745. The predicted molar refractivity (Wildman–Crippen MR) is 86.4 cm³/mol. The summed E-state index contributed by atoms with van der Waals surface area (Å²) in [4.78, 5) is 0. The molecule has 1 nitrogen and oxygen atoms in total. The van der Waals surface area contributed by atoms with Gasteiger partial charge in [-0.25, -0.2) is 4.39 Å². The molecule has 2 rings (SSSR count). The number of rotatable bonds is 3. The summed E-state index contributed by atoms with van der Waals surface area (Å²) < 4.78 is 14.7. The highest BCUT2D eigenvalue weighted by Crippen LogP contribution is 2.28. The number of aliphatic hydroxyl groups is 1. The lowest BCUT2D eigenvalue weighted by Crippen LogP contribution is -2.03. The summed E-state index contributed by atoms with van der Waals surface area (Å²) in [6.07, 6.45) is -0.141. The van der Waals surface area contributed by atoms with Crippen LogP contribution in [-0.2, 0) is 6.42 Å². The molecule has 0 aromatic heterocycles. The van der Waals surface area contributed by atoms with E-state index in [9.17, 15) is 9.50 Å². The highest BCUT2D eigenvalue weighted by atomic mass is 79.9. The highest BCUT2D eigenvalue weighted by molar-refractivity contribution is 9.10. The lowest BCUT2D eigenvalue weighted by Gasteiger charge is -2.14. The van der Waals surface area contributed by atoms with Crippen LogP contribution >= 0.6 is 31.9 Å². The molecule has 0 heterocycles. The van der Waals surface area contributed by atoms with Gasteiger partial charge in [-0.1, -0.05) is 34.1 Å². The van der Waals surface area contributed by atoms with Crippen LogP contribution < -0.4 is 0 Å². The Bertz CT molecular complexity index is 617. The Morgan fingerprint density at radius 1 is 1.10 bits per heavy atom. The summed E-state index contributed by atoms with van der Waals surface area (Å²) in [7, 11) is 0. The van der Waals surface area contributed by atoms with Crippen LogP contribution in [0.3, 0.4) is 0 Å². The maximum atomic E-state index is 13.2. The van der Waals surface area contributed by atoms with Gasteiger partial charge < -0.3 is 5.11 Å². The number of hydrogen-bond donors (Lipinski definition) is 1. The standard InChI is InChI=1S/C16H15Br2FO/c1-9-5-12(6-10(2)16(9)18)15(20)8-11-3-4-14(19)13(17)7-11/h3-7,15,20H,8H2,1-2H3. The SMILES string of the molecule is Cc1cc(C(O)Cc2ccc(F)c(Br)c2)cc(C)c1Br. The fourth-order valence-electron chi connectivity index (χ4n) is 2.18. The minimum atomic E-state index is -0.599. The van der Waals surface area contributed by atoms with Crippen molar-refractivity contribution in [3.8, 4) is 0 Å². The molecule has 0 amide bonds. The van der Waals surface area contributed by atoms with Gasteiger partial charge in [0.1, 0.15) is 5.82 Å². The average molecular weight is 402 g/mol. The molecule has 106 valence electrons. The molecule has 0 bridgehead atoms. The Morgan fingerprint density at radius 3 is 2.25 bits per heavy atom. The number of aryl methyl sites for hydroxylation is 2. The van der Waals surface area contributed by atoms with Crippen LogP contribution in [0.2, 0.25) is 0 Å². The third-order valence-electron chi connectivity index (χ3n) is 3.26. The first-order chi connectivity index (χ1) is 9.38. The van der Waals surface area contributed by atoms with Gasteiger partial charge in [0.2, 0.25) is 0 Å². The van der Waals surface area contributed by atoms with E-state index in [2.05, 4.69) is 31.9 Å². The molecule has 4 heteroatoms. The van der Waals surface area contributed by atoms with Crippen LogP contribution in [-0.4, -0.2) is 5.11 Å². The Kier molecular flexibility index (Phi) is 4.99. The fraction of sp³-hybridized carbons (Fsp3) is 0.250. The lowest BCUT2D eigenvalue weighted by molar-refractivity contribution is 0.178. The molecule has 0 fully saturated rings. The lowest BCUT2D eigenvalue weighted by atomic mass is 9.98. The van der Waals surface area contributed by atoms with E-state index in [1.54, 1.807) is 12.1 Å². The molecule has 20 heavy (non-hydrogen) atoms. The van der Waals surface area contributed by atoms with Gasteiger partial charge in [0.15, 0.2) is 0 Å². The fourth-order valence-corrected chi connectivity index (χ4v) is 2.83. The van der Waals surface area contributed by atoms with E-state index in [0.717, 1.165) is 26.7 Å². The van der Waals surface area contributed by atoms with Crippen molar-refractivity contribution in [2.75, 3.05) is 0 Å². The minimum Gasteiger partial charge on any atom is -0.388 e. The van der Waals surface area contributed by atoms with Crippen molar-refractivity contribution in [1.29, 1.82) is 0 Å². The molecular weight excluding hydrogens is 387 g/mol. The van der Waals surface area contributed by atoms with Crippen molar-refractivity contribution in [2.24, 2.45) is 0 Å². The van der Waals surface area contributed by atoms with Crippen molar-refractivity contribution < 1.29 is 9.50 Å². The second-order valence-corrected chi connectivity index (χ2v) is 6.58. The molecule has 0 saturated heterocycles. The highest BCUT2D eigenvalue weighted by Gasteiger charge is 2.12. The van der Waals surface area contributed by atoms with Gasteiger partial charge in [0.05, 0.1) is 10.6 Å². The van der Waals surface area contributed by atoms with E-state index in [-0.39, 0.29) is 5.82 Å². The summed E-state index contributed by atoms with van der Waals surface area (Å²) in [6.45, 7) is 4.00. The molecule has 0 aliphatic carbocycles. The Labute approximate surface area is 135 Å². The third kappa shape index (κ3) is 3.48. The Morgan fingerprint density at radius 2 is 1.70 bits per heavy atom. The van der Waals surface area contributed by atoms with Crippen LogP contribution in [0.1, 0.15) is 28.4 Å². The molecular formula is C16H15Br2FO.